The lowest BCUT2D eigenvalue weighted by atomic mass is 10.2. The summed E-state index contributed by atoms with van der Waals surface area (Å²) in [5.74, 6) is 0. The van der Waals surface area contributed by atoms with Crippen LogP contribution in [0.5, 0.6) is 0 Å². The van der Waals surface area contributed by atoms with Gasteiger partial charge in [0, 0.05) is 6.42 Å². The molecule has 0 aliphatic carbocycles. The Hall–Kier alpha value is -1.33. The van der Waals surface area contributed by atoms with Crippen LogP contribution < -0.4 is 5.19 Å². The Balaban J connectivity index is 2.71. The highest BCUT2D eigenvalue weighted by Crippen LogP contribution is 2.18. The fourth-order valence-corrected chi connectivity index (χ4v) is 3.99. The van der Waals surface area contributed by atoms with Crippen LogP contribution in [0.2, 0.25) is 13.1 Å². The minimum atomic E-state index is -1.54. The van der Waals surface area contributed by atoms with E-state index < -0.39 is 8.07 Å². The third-order valence-corrected chi connectivity index (χ3v) is 6.94. The van der Waals surface area contributed by atoms with E-state index in [0.29, 0.717) is 6.42 Å². The molecule has 0 spiro atoms. The molecule has 0 radical (unpaired) electrons. The highest BCUT2D eigenvalue weighted by atomic mass is 28.3. The maximum Gasteiger partial charge on any atom is 0.106 e. The van der Waals surface area contributed by atoms with Crippen molar-refractivity contribution in [2.24, 2.45) is 0 Å². The number of unbranched alkanes of at least 4 members (excludes halogenated alkanes) is 1. The quantitative estimate of drug-likeness (QED) is 0.561. The van der Waals surface area contributed by atoms with Gasteiger partial charge in [-0.05, 0) is 12.8 Å². The van der Waals surface area contributed by atoms with Crippen molar-refractivity contribution >= 4 is 13.3 Å². The lowest BCUT2D eigenvalue weighted by Gasteiger charge is -2.25. The van der Waals surface area contributed by atoms with Crippen LogP contribution in [0.3, 0.4) is 0 Å². The Morgan fingerprint density at radius 3 is 2.50 bits per heavy atom. The maximum atomic E-state index is 8.53. The predicted molar refractivity (Wildman–Crippen MR) is 72.2 cm³/mol. The molecular formula is C14H19NSi. The third-order valence-electron chi connectivity index (χ3n) is 3.15. The van der Waals surface area contributed by atoms with Crippen molar-refractivity contribution in [1.29, 1.82) is 5.26 Å². The first-order valence-corrected chi connectivity index (χ1v) is 8.69. The molecule has 0 heterocycles. The van der Waals surface area contributed by atoms with Gasteiger partial charge < -0.3 is 0 Å². The molecule has 2 heteroatoms. The van der Waals surface area contributed by atoms with Gasteiger partial charge in [0.2, 0.25) is 0 Å². The van der Waals surface area contributed by atoms with Crippen molar-refractivity contribution in [3.63, 3.8) is 0 Å². The fraction of sp³-hybridized carbons (Fsp3) is 0.357. The number of hydrogen-bond donors (Lipinski definition) is 0. The van der Waals surface area contributed by atoms with E-state index in [9.17, 15) is 0 Å². The van der Waals surface area contributed by atoms with E-state index in [2.05, 4.69) is 50.0 Å². The largest absolute Gasteiger partial charge is 0.198 e. The smallest absolute Gasteiger partial charge is 0.106 e. The van der Waals surface area contributed by atoms with Crippen LogP contribution in [0.4, 0.5) is 0 Å². The summed E-state index contributed by atoms with van der Waals surface area (Å²) >= 11 is 0. The van der Waals surface area contributed by atoms with Gasteiger partial charge in [-0.2, -0.15) is 5.26 Å². The van der Waals surface area contributed by atoms with Gasteiger partial charge in [0.05, 0.1) is 6.07 Å². The normalized spacial score (nSPS) is 10.8. The molecule has 1 rings (SSSR count). The fourth-order valence-electron chi connectivity index (χ4n) is 1.75. The highest BCUT2D eigenvalue weighted by Gasteiger charge is 2.25. The van der Waals surface area contributed by atoms with E-state index >= 15 is 0 Å². The summed E-state index contributed by atoms with van der Waals surface area (Å²) in [6.45, 7) is 8.89. The van der Waals surface area contributed by atoms with Crippen LogP contribution in [0.25, 0.3) is 0 Å². The minimum Gasteiger partial charge on any atom is -0.198 e. The van der Waals surface area contributed by atoms with Crippen molar-refractivity contribution in [2.45, 2.75) is 32.4 Å². The zero-order chi connectivity index (χ0) is 12.0. The second kappa shape index (κ2) is 5.67. The van der Waals surface area contributed by atoms with Crippen LogP contribution in [0, 0.1) is 11.3 Å². The Morgan fingerprint density at radius 2 is 1.94 bits per heavy atom. The van der Waals surface area contributed by atoms with Crippen LogP contribution in [0.15, 0.2) is 42.1 Å². The van der Waals surface area contributed by atoms with E-state index in [1.54, 1.807) is 0 Å². The molecule has 0 fully saturated rings. The molecule has 0 amide bonds. The van der Waals surface area contributed by atoms with Gasteiger partial charge in [0.1, 0.15) is 8.07 Å². The molecule has 0 saturated heterocycles. The zero-order valence-corrected chi connectivity index (χ0v) is 11.2. The molecule has 0 atom stereocenters. The third kappa shape index (κ3) is 3.08. The molecule has 16 heavy (non-hydrogen) atoms. The summed E-state index contributed by atoms with van der Waals surface area (Å²) in [6, 6.07) is 12.8. The van der Waals surface area contributed by atoms with Crippen molar-refractivity contribution in [2.75, 3.05) is 0 Å². The number of hydrogen-bond acceptors (Lipinski definition) is 1. The maximum absolute atomic E-state index is 8.53. The van der Waals surface area contributed by atoms with Crippen molar-refractivity contribution in [3.8, 4) is 6.07 Å². The lowest BCUT2D eigenvalue weighted by molar-refractivity contribution is 0.863. The van der Waals surface area contributed by atoms with Crippen LogP contribution in [-0.2, 0) is 0 Å². The SMILES string of the molecule is C=C(CCCC#N)[Si](C)(C)c1ccccc1. The Kier molecular flexibility index (Phi) is 4.51. The molecule has 0 aromatic heterocycles. The van der Waals surface area contributed by atoms with E-state index in [0.717, 1.165) is 12.8 Å². The van der Waals surface area contributed by atoms with Gasteiger partial charge in [-0.25, -0.2) is 0 Å². The molecule has 1 aromatic rings. The standard InChI is InChI=1S/C14H19NSi/c1-13(9-7-8-12-15)16(2,3)14-10-5-4-6-11-14/h4-6,10-11H,1,7-9H2,2-3H3. The van der Waals surface area contributed by atoms with Crippen molar-refractivity contribution < 1.29 is 0 Å². The number of benzene rings is 1. The molecule has 0 bridgehead atoms. The second-order valence-electron chi connectivity index (χ2n) is 4.61. The van der Waals surface area contributed by atoms with E-state index in [4.69, 9.17) is 5.26 Å². The lowest BCUT2D eigenvalue weighted by Crippen LogP contribution is -2.43. The summed E-state index contributed by atoms with van der Waals surface area (Å²) in [4.78, 5) is 0. The van der Waals surface area contributed by atoms with E-state index in [-0.39, 0.29) is 0 Å². The average Bonchev–Trinajstić information content (AvgIpc) is 2.30. The predicted octanol–water partition coefficient (Wildman–Crippen LogP) is 3.39. The van der Waals surface area contributed by atoms with Crippen molar-refractivity contribution in [1.82, 2.24) is 0 Å². The molecule has 1 aromatic carbocycles. The van der Waals surface area contributed by atoms with Gasteiger partial charge >= 0.3 is 0 Å². The highest BCUT2D eigenvalue weighted by molar-refractivity contribution is 6.95. The summed E-state index contributed by atoms with van der Waals surface area (Å²) < 4.78 is 0. The summed E-state index contributed by atoms with van der Waals surface area (Å²) in [5, 5.41) is 11.3. The Labute approximate surface area is 99.4 Å². The van der Waals surface area contributed by atoms with Gasteiger partial charge in [-0.3, -0.25) is 0 Å². The summed E-state index contributed by atoms with van der Waals surface area (Å²) in [7, 11) is -1.54. The molecule has 0 aliphatic heterocycles. The summed E-state index contributed by atoms with van der Waals surface area (Å²) in [6.07, 6.45) is 2.57. The molecule has 0 aliphatic rings. The zero-order valence-electron chi connectivity index (χ0n) is 10.2. The first-order valence-electron chi connectivity index (χ1n) is 5.69. The molecule has 0 unspecified atom stereocenters. The van der Waals surface area contributed by atoms with Gasteiger partial charge in [-0.1, -0.05) is 53.8 Å². The van der Waals surface area contributed by atoms with Gasteiger partial charge in [0.15, 0.2) is 0 Å². The van der Waals surface area contributed by atoms with Gasteiger partial charge in [0.25, 0.3) is 0 Å². The van der Waals surface area contributed by atoms with Crippen LogP contribution in [-0.4, -0.2) is 8.07 Å². The molecule has 0 saturated carbocycles. The number of allylic oxidation sites excluding steroid dienone is 1. The molecular weight excluding hydrogens is 210 g/mol. The second-order valence-corrected chi connectivity index (χ2v) is 9.14. The topological polar surface area (TPSA) is 23.8 Å². The van der Waals surface area contributed by atoms with Crippen LogP contribution >= 0.6 is 0 Å². The summed E-state index contributed by atoms with van der Waals surface area (Å²) in [5.41, 5.74) is 0. The number of nitrogens with zero attached hydrogens (tertiary/aromatic N) is 1. The number of nitriles is 1. The van der Waals surface area contributed by atoms with Crippen LogP contribution in [0.1, 0.15) is 19.3 Å². The first kappa shape index (κ1) is 12.7. The minimum absolute atomic E-state index is 0.637. The Bertz CT molecular complexity index is 387. The average molecular weight is 229 g/mol. The first-order chi connectivity index (χ1) is 7.59. The van der Waals surface area contributed by atoms with E-state index in [1.165, 1.54) is 10.4 Å². The number of rotatable bonds is 5. The molecule has 1 nitrogen and oxygen atoms in total. The molecule has 0 N–H and O–H groups in total. The Morgan fingerprint density at radius 1 is 1.31 bits per heavy atom. The monoisotopic (exact) mass is 229 g/mol. The van der Waals surface area contributed by atoms with E-state index in [1.807, 2.05) is 6.07 Å². The van der Waals surface area contributed by atoms with Gasteiger partial charge in [-0.15, -0.1) is 6.58 Å². The molecule has 84 valence electrons. The van der Waals surface area contributed by atoms with Crippen molar-refractivity contribution in [3.05, 3.63) is 42.1 Å².